The second kappa shape index (κ2) is 5.90. The maximum Gasteiger partial charge on any atom is 0.280 e. The van der Waals surface area contributed by atoms with Crippen LogP contribution in [0, 0.1) is 0 Å². The number of tetrazole rings is 1. The Balaban J connectivity index is 2.08. The fraction of sp³-hybridized carbons (Fsp3) is 0.889. The lowest BCUT2D eigenvalue weighted by Gasteiger charge is -2.33. The molecule has 2 heterocycles. The SMILES string of the molecule is CC(NS(=O)(=O)N1CCCCC1CO)c1nn[nH]n1. The molecule has 1 aromatic heterocycles. The minimum atomic E-state index is -3.67. The van der Waals surface area contributed by atoms with Crippen LogP contribution in [0.3, 0.4) is 0 Å². The van der Waals surface area contributed by atoms with Gasteiger partial charge in [0.05, 0.1) is 12.6 Å². The zero-order valence-corrected chi connectivity index (χ0v) is 11.5. The van der Waals surface area contributed by atoms with Gasteiger partial charge in [-0.15, -0.1) is 10.2 Å². The van der Waals surface area contributed by atoms with E-state index in [4.69, 9.17) is 0 Å². The fourth-order valence-electron chi connectivity index (χ4n) is 2.17. The van der Waals surface area contributed by atoms with E-state index in [0.29, 0.717) is 13.0 Å². The van der Waals surface area contributed by atoms with Gasteiger partial charge in [0.2, 0.25) is 0 Å². The molecule has 0 aromatic carbocycles. The fourth-order valence-corrected chi connectivity index (χ4v) is 3.79. The van der Waals surface area contributed by atoms with E-state index in [9.17, 15) is 13.5 Å². The third-order valence-corrected chi connectivity index (χ3v) is 4.92. The van der Waals surface area contributed by atoms with Crippen molar-refractivity contribution < 1.29 is 13.5 Å². The largest absolute Gasteiger partial charge is 0.395 e. The van der Waals surface area contributed by atoms with Crippen LogP contribution in [0.15, 0.2) is 0 Å². The molecule has 1 aliphatic rings. The molecule has 0 aliphatic carbocycles. The molecule has 3 N–H and O–H groups in total. The molecule has 10 heteroatoms. The van der Waals surface area contributed by atoms with E-state index in [1.807, 2.05) is 0 Å². The summed E-state index contributed by atoms with van der Waals surface area (Å²) in [6, 6.07) is -0.936. The minimum absolute atomic E-state index is 0.169. The number of hydrogen-bond acceptors (Lipinski definition) is 6. The monoisotopic (exact) mass is 290 g/mol. The first-order valence-electron chi connectivity index (χ1n) is 6.18. The summed E-state index contributed by atoms with van der Waals surface area (Å²) in [5.41, 5.74) is 0. The second-order valence-electron chi connectivity index (χ2n) is 4.56. The number of hydrogen-bond donors (Lipinski definition) is 3. The van der Waals surface area contributed by atoms with E-state index in [1.165, 1.54) is 4.31 Å². The van der Waals surface area contributed by atoms with Crippen molar-refractivity contribution >= 4 is 10.2 Å². The zero-order chi connectivity index (χ0) is 13.9. The molecule has 1 aliphatic heterocycles. The molecule has 2 atom stereocenters. The summed E-state index contributed by atoms with van der Waals surface area (Å²) in [5.74, 6) is 0.279. The number of H-pyrrole nitrogens is 1. The van der Waals surface area contributed by atoms with E-state index >= 15 is 0 Å². The third-order valence-electron chi connectivity index (χ3n) is 3.17. The Morgan fingerprint density at radius 2 is 2.37 bits per heavy atom. The van der Waals surface area contributed by atoms with Crippen LogP contribution in [0.1, 0.15) is 38.1 Å². The van der Waals surface area contributed by atoms with Crippen molar-refractivity contribution in [2.24, 2.45) is 0 Å². The van der Waals surface area contributed by atoms with Crippen molar-refractivity contribution in [3.8, 4) is 0 Å². The van der Waals surface area contributed by atoms with E-state index < -0.39 is 16.3 Å². The van der Waals surface area contributed by atoms with Crippen LogP contribution in [0.4, 0.5) is 0 Å². The minimum Gasteiger partial charge on any atom is -0.395 e. The van der Waals surface area contributed by atoms with Crippen LogP contribution in [-0.4, -0.2) is 57.6 Å². The van der Waals surface area contributed by atoms with Crippen molar-refractivity contribution in [2.75, 3.05) is 13.2 Å². The molecule has 19 heavy (non-hydrogen) atoms. The molecule has 108 valence electrons. The first-order chi connectivity index (χ1) is 9.04. The highest BCUT2D eigenvalue weighted by Gasteiger charge is 2.33. The number of aliphatic hydroxyl groups excluding tert-OH is 1. The van der Waals surface area contributed by atoms with Gasteiger partial charge in [-0.3, -0.25) is 0 Å². The average molecular weight is 290 g/mol. The van der Waals surface area contributed by atoms with Gasteiger partial charge in [-0.25, -0.2) is 0 Å². The highest BCUT2D eigenvalue weighted by atomic mass is 32.2. The summed E-state index contributed by atoms with van der Waals surface area (Å²) in [6.45, 7) is 1.89. The van der Waals surface area contributed by atoms with Crippen molar-refractivity contribution in [1.82, 2.24) is 29.7 Å². The van der Waals surface area contributed by atoms with Crippen molar-refractivity contribution in [3.63, 3.8) is 0 Å². The van der Waals surface area contributed by atoms with Gasteiger partial charge in [0.25, 0.3) is 10.2 Å². The smallest absolute Gasteiger partial charge is 0.280 e. The first-order valence-corrected chi connectivity index (χ1v) is 7.62. The van der Waals surface area contributed by atoms with E-state index in [1.54, 1.807) is 6.92 Å². The summed E-state index contributed by atoms with van der Waals surface area (Å²) in [4.78, 5) is 0. The van der Waals surface area contributed by atoms with Crippen molar-refractivity contribution in [1.29, 1.82) is 0 Å². The normalized spacial score (nSPS) is 23.4. The van der Waals surface area contributed by atoms with Gasteiger partial charge in [0.1, 0.15) is 0 Å². The Morgan fingerprint density at radius 1 is 1.58 bits per heavy atom. The van der Waals surface area contributed by atoms with Crippen LogP contribution in [-0.2, 0) is 10.2 Å². The molecule has 1 fully saturated rings. The number of nitrogens with one attached hydrogen (secondary N) is 2. The molecule has 2 rings (SSSR count). The van der Waals surface area contributed by atoms with Gasteiger partial charge in [0.15, 0.2) is 5.82 Å². The second-order valence-corrected chi connectivity index (χ2v) is 6.21. The quantitative estimate of drug-likeness (QED) is 0.635. The zero-order valence-electron chi connectivity index (χ0n) is 10.7. The summed E-state index contributed by atoms with van der Waals surface area (Å²) < 4.78 is 28.4. The molecule has 1 aromatic rings. The Morgan fingerprint density at radius 3 is 3.00 bits per heavy atom. The molecule has 0 bridgehead atoms. The lowest BCUT2D eigenvalue weighted by atomic mass is 10.1. The van der Waals surface area contributed by atoms with E-state index in [-0.39, 0.29) is 18.5 Å². The van der Waals surface area contributed by atoms with Gasteiger partial charge in [0, 0.05) is 12.6 Å². The maximum atomic E-state index is 12.3. The highest BCUT2D eigenvalue weighted by Crippen LogP contribution is 2.20. The van der Waals surface area contributed by atoms with Gasteiger partial charge < -0.3 is 5.11 Å². The Kier molecular flexibility index (Phi) is 4.45. The van der Waals surface area contributed by atoms with Crippen LogP contribution in [0.2, 0.25) is 0 Å². The van der Waals surface area contributed by atoms with Crippen molar-refractivity contribution in [2.45, 2.75) is 38.3 Å². The highest BCUT2D eigenvalue weighted by molar-refractivity contribution is 7.87. The number of aromatic amines is 1. The number of aliphatic hydroxyl groups is 1. The Labute approximate surface area is 111 Å². The summed E-state index contributed by atoms with van der Waals surface area (Å²) >= 11 is 0. The molecule has 0 radical (unpaired) electrons. The number of nitrogens with zero attached hydrogens (tertiary/aromatic N) is 4. The molecule has 9 nitrogen and oxygen atoms in total. The van der Waals surface area contributed by atoms with Crippen LogP contribution < -0.4 is 4.72 Å². The lowest BCUT2D eigenvalue weighted by molar-refractivity contribution is 0.153. The predicted molar refractivity (Wildman–Crippen MR) is 66.1 cm³/mol. The maximum absolute atomic E-state index is 12.3. The number of aromatic nitrogens is 4. The van der Waals surface area contributed by atoms with Crippen LogP contribution >= 0.6 is 0 Å². The number of piperidine rings is 1. The first kappa shape index (κ1) is 14.3. The van der Waals surface area contributed by atoms with Gasteiger partial charge >= 0.3 is 0 Å². The molecule has 2 unspecified atom stereocenters. The molecule has 1 saturated heterocycles. The molecule has 0 spiro atoms. The lowest BCUT2D eigenvalue weighted by Crippen LogP contribution is -2.50. The molecule has 0 amide bonds. The van der Waals surface area contributed by atoms with E-state index in [0.717, 1.165) is 12.8 Å². The van der Waals surface area contributed by atoms with Gasteiger partial charge in [-0.1, -0.05) is 11.6 Å². The Hall–Kier alpha value is -1.10. The van der Waals surface area contributed by atoms with Gasteiger partial charge in [-0.05, 0) is 19.8 Å². The van der Waals surface area contributed by atoms with Crippen LogP contribution in [0.25, 0.3) is 0 Å². The summed E-state index contributed by atoms with van der Waals surface area (Å²) in [6.07, 6.45) is 2.40. The van der Waals surface area contributed by atoms with Crippen molar-refractivity contribution in [3.05, 3.63) is 5.82 Å². The van der Waals surface area contributed by atoms with E-state index in [2.05, 4.69) is 25.3 Å². The summed E-state index contributed by atoms with van der Waals surface area (Å²) in [7, 11) is -3.67. The molecule has 0 saturated carbocycles. The standard InChI is InChI=1S/C9H18N6O3S/c1-7(9-10-13-14-11-9)12-19(17,18)15-5-3-2-4-8(15)6-16/h7-8,12,16H,2-6H2,1H3,(H,10,11,13,14). The average Bonchev–Trinajstić information content (AvgIpc) is 2.92. The topological polar surface area (TPSA) is 124 Å². The third kappa shape index (κ3) is 3.26. The van der Waals surface area contributed by atoms with Gasteiger partial charge in [-0.2, -0.15) is 22.7 Å². The molecular weight excluding hydrogens is 272 g/mol. The Bertz CT molecular complexity index is 490. The summed E-state index contributed by atoms with van der Waals surface area (Å²) in [5, 5.41) is 22.4. The molecular formula is C9H18N6O3S. The van der Waals surface area contributed by atoms with Crippen LogP contribution in [0.5, 0.6) is 0 Å². The predicted octanol–water partition coefficient (Wildman–Crippen LogP) is -1.06. The number of rotatable bonds is 5.